The molecule has 2 saturated carbocycles. The van der Waals surface area contributed by atoms with E-state index in [0.29, 0.717) is 23.6 Å². The number of nitrogens with zero attached hydrogens (tertiary/aromatic N) is 3. The molecular weight excluding hydrogens is 663 g/mol. The minimum absolute atomic E-state index is 0.00327. The molecule has 47 heavy (non-hydrogen) atoms. The first-order valence-electron chi connectivity index (χ1n) is 14.6. The van der Waals surface area contributed by atoms with Gasteiger partial charge in [-0.1, -0.05) is 23.7 Å². The van der Waals surface area contributed by atoms with E-state index in [2.05, 4.69) is 35.6 Å². The number of rotatable bonds is 12. The molecule has 0 unspecified atom stereocenters. The number of carbonyl (C=O) groups is 2. The Kier molecular flexibility index (Phi) is 9.05. The van der Waals surface area contributed by atoms with Crippen molar-refractivity contribution >= 4 is 51.0 Å². The lowest BCUT2D eigenvalue weighted by Crippen LogP contribution is -2.48. The van der Waals surface area contributed by atoms with E-state index in [1.807, 2.05) is 12.1 Å². The van der Waals surface area contributed by atoms with Crippen molar-refractivity contribution in [3.05, 3.63) is 64.7 Å². The number of aromatic nitrogens is 3. The van der Waals surface area contributed by atoms with E-state index < -0.39 is 56.3 Å². The molecule has 2 amide bonds. The van der Waals surface area contributed by atoms with Crippen LogP contribution in [0.1, 0.15) is 62.4 Å². The zero-order valence-electron chi connectivity index (χ0n) is 25.7. The summed E-state index contributed by atoms with van der Waals surface area (Å²) in [5.41, 5.74) is 0.0367. The molecule has 0 bridgehead atoms. The third-order valence-corrected chi connectivity index (χ3v) is 10.2. The van der Waals surface area contributed by atoms with Gasteiger partial charge in [-0.3, -0.25) is 14.3 Å². The Balaban J connectivity index is 1.25. The van der Waals surface area contributed by atoms with Crippen LogP contribution in [0.2, 0.25) is 5.02 Å². The average molecular weight is 696 g/mol. The number of carbonyl (C=O) groups excluding carboxylic acids is 2. The van der Waals surface area contributed by atoms with Crippen molar-refractivity contribution in [2.75, 3.05) is 23.8 Å². The van der Waals surface area contributed by atoms with Crippen molar-refractivity contribution in [1.82, 2.24) is 25.0 Å². The van der Waals surface area contributed by atoms with Gasteiger partial charge < -0.3 is 20.7 Å². The molecule has 12 nitrogen and oxygen atoms in total. The molecule has 2 fully saturated rings. The lowest BCUT2D eigenvalue weighted by Gasteiger charge is -2.22. The number of nitrogens with one attached hydrogen (secondary N) is 4. The Morgan fingerprint density at radius 3 is 2.09 bits per heavy atom. The molecule has 0 spiro atoms. The highest BCUT2D eigenvalue weighted by atomic mass is 35.5. The molecule has 2 aliphatic carbocycles. The molecule has 0 aliphatic heterocycles. The van der Waals surface area contributed by atoms with Crippen molar-refractivity contribution in [3.8, 4) is 6.01 Å². The highest BCUT2D eigenvalue weighted by Gasteiger charge is 2.52. The topological polar surface area (TPSA) is 164 Å². The maximum Gasteiger partial charge on any atom is 0.422 e. The van der Waals surface area contributed by atoms with Gasteiger partial charge in [0.1, 0.15) is 0 Å². The van der Waals surface area contributed by atoms with Crippen molar-refractivity contribution < 1.29 is 35.9 Å². The van der Waals surface area contributed by atoms with E-state index in [0.717, 1.165) is 18.4 Å². The number of amides is 2. The van der Waals surface area contributed by atoms with E-state index in [-0.39, 0.29) is 24.0 Å². The highest BCUT2D eigenvalue weighted by molar-refractivity contribution is 7.91. The molecule has 252 valence electrons. The zero-order chi connectivity index (χ0) is 34.3. The standard InChI is InChI=1S/C30H33ClF3N7O5S/c1-27(2,3)47(44,45)41-23(43)28(12-13-28)16-35-22(42)18-4-10-21(11-5-18)36-24-37-25(39-26(38-24)46-17-30(32,33)34)40-29(14-15-29)19-6-8-20(31)9-7-19/h4-11H,12-17H2,1-3H3,(H,35,42)(H,41,43)(H2,36,37,38,39,40). The van der Waals surface area contributed by atoms with Crippen LogP contribution in [0.5, 0.6) is 6.01 Å². The van der Waals surface area contributed by atoms with Gasteiger partial charge in [-0.2, -0.15) is 28.1 Å². The fraction of sp³-hybridized carbons (Fsp3) is 0.433. The first-order valence-corrected chi connectivity index (χ1v) is 16.5. The molecule has 4 N–H and O–H groups in total. The number of hydrogen-bond donors (Lipinski definition) is 4. The summed E-state index contributed by atoms with van der Waals surface area (Å²) < 4.78 is 69.2. The fourth-order valence-corrected chi connectivity index (χ4v) is 5.37. The summed E-state index contributed by atoms with van der Waals surface area (Å²) in [5.74, 6) is -1.24. The summed E-state index contributed by atoms with van der Waals surface area (Å²) in [6, 6.07) is 12.7. The Morgan fingerprint density at radius 2 is 1.53 bits per heavy atom. The van der Waals surface area contributed by atoms with Gasteiger partial charge in [-0.05, 0) is 88.4 Å². The summed E-state index contributed by atoms with van der Waals surface area (Å²) in [4.78, 5) is 37.9. The van der Waals surface area contributed by atoms with Gasteiger partial charge in [-0.25, -0.2) is 8.42 Å². The number of anilines is 3. The molecule has 0 atom stereocenters. The van der Waals surface area contributed by atoms with Gasteiger partial charge >= 0.3 is 12.2 Å². The van der Waals surface area contributed by atoms with E-state index in [4.69, 9.17) is 16.3 Å². The third-order valence-electron chi connectivity index (χ3n) is 7.84. The monoisotopic (exact) mass is 695 g/mol. The fourth-order valence-electron chi connectivity index (χ4n) is 4.48. The van der Waals surface area contributed by atoms with Gasteiger partial charge in [0.2, 0.25) is 27.8 Å². The largest absolute Gasteiger partial charge is 0.454 e. The summed E-state index contributed by atoms with van der Waals surface area (Å²) in [7, 11) is -3.90. The molecule has 5 rings (SSSR count). The molecule has 2 aliphatic rings. The van der Waals surface area contributed by atoms with Crippen LogP contribution in [0.4, 0.5) is 30.8 Å². The lowest BCUT2D eigenvalue weighted by molar-refractivity contribution is -0.154. The van der Waals surface area contributed by atoms with Gasteiger partial charge in [-0.15, -0.1) is 0 Å². The van der Waals surface area contributed by atoms with Crippen LogP contribution >= 0.6 is 11.6 Å². The highest BCUT2D eigenvalue weighted by Crippen LogP contribution is 2.48. The van der Waals surface area contributed by atoms with E-state index in [9.17, 15) is 31.2 Å². The molecule has 1 aromatic heterocycles. The number of sulfonamides is 1. The molecular formula is C30H33ClF3N7O5S. The first kappa shape index (κ1) is 34.2. The molecule has 17 heteroatoms. The predicted octanol–water partition coefficient (Wildman–Crippen LogP) is 5.07. The van der Waals surface area contributed by atoms with Gasteiger partial charge in [0.15, 0.2) is 6.61 Å². The summed E-state index contributed by atoms with van der Waals surface area (Å²) in [5, 5.41) is 9.34. The van der Waals surface area contributed by atoms with Crippen LogP contribution in [-0.4, -0.2) is 59.3 Å². The zero-order valence-corrected chi connectivity index (χ0v) is 27.2. The van der Waals surface area contributed by atoms with Gasteiger partial charge in [0, 0.05) is 22.8 Å². The smallest absolute Gasteiger partial charge is 0.422 e. The maximum absolute atomic E-state index is 12.9. The summed E-state index contributed by atoms with van der Waals surface area (Å²) in [6.45, 7) is 2.79. The Morgan fingerprint density at radius 1 is 0.915 bits per heavy atom. The minimum atomic E-state index is -4.61. The minimum Gasteiger partial charge on any atom is -0.454 e. The molecule has 0 radical (unpaired) electrons. The number of halogens is 4. The van der Waals surface area contributed by atoms with Crippen LogP contribution in [0.15, 0.2) is 48.5 Å². The predicted molar refractivity (Wildman–Crippen MR) is 168 cm³/mol. The Labute approximate surface area is 274 Å². The van der Waals surface area contributed by atoms with Crippen molar-refractivity contribution in [3.63, 3.8) is 0 Å². The average Bonchev–Trinajstić information content (AvgIpc) is 3.92. The van der Waals surface area contributed by atoms with Gasteiger partial charge in [0.05, 0.1) is 15.7 Å². The quantitative estimate of drug-likeness (QED) is 0.201. The molecule has 2 aromatic carbocycles. The molecule has 0 saturated heterocycles. The van der Waals surface area contributed by atoms with Crippen molar-refractivity contribution in [1.29, 1.82) is 0 Å². The summed E-state index contributed by atoms with van der Waals surface area (Å²) in [6.07, 6.45) is -2.29. The first-order chi connectivity index (χ1) is 21.9. The summed E-state index contributed by atoms with van der Waals surface area (Å²) >= 11 is 6.01. The maximum atomic E-state index is 12.9. The third kappa shape index (κ3) is 8.41. The number of ether oxygens (including phenoxy) is 1. The van der Waals surface area contributed by atoms with Crippen molar-refractivity contribution in [2.24, 2.45) is 5.41 Å². The number of hydrogen-bond acceptors (Lipinski definition) is 10. The van der Waals surface area contributed by atoms with E-state index in [1.165, 1.54) is 45.0 Å². The Bertz CT molecular complexity index is 1760. The second kappa shape index (κ2) is 12.4. The van der Waals surface area contributed by atoms with Crippen LogP contribution in [-0.2, 0) is 20.4 Å². The number of alkyl halides is 3. The number of benzene rings is 2. The SMILES string of the molecule is CC(C)(C)S(=O)(=O)NC(=O)C1(CNC(=O)c2ccc(Nc3nc(NC4(c5ccc(Cl)cc5)CC4)nc(OCC(F)(F)F)n3)cc2)CC1. The van der Waals surface area contributed by atoms with Crippen LogP contribution in [0.25, 0.3) is 0 Å². The second-order valence-corrected chi connectivity index (χ2v) is 15.5. The lowest BCUT2D eigenvalue weighted by atomic mass is 10.1. The second-order valence-electron chi connectivity index (χ2n) is 12.6. The van der Waals surface area contributed by atoms with Crippen LogP contribution in [0, 0.1) is 5.41 Å². The van der Waals surface area contributed by atoms with Crippen molar-refractivity contribution in [2.45, 2.75) is 62.9 Å². The molecule has 3 aromatic rings. The van der Waals surface area contributed by atoms with E-state index in [1.54, 1.807) is 12.1 Å². The van der Waals surface area contributed by atoms with Gasteiger partial charge in [0.25, 0.3) is 5.91 Å². The van der Waals surface area contributed by atoms with E-state index >= 15 is 0 Å². The normalized spacial score (nSPS) is 16.5. The molecule has 1 heterocycles. The Hall–Kier alpha value is -4.18. The van der Waals surface area contributed by atoms with Crippen LogP contribution in [0.3, 0.4) is 0 Å². The van der Waals surface area contributed by atoms with Crippen LogP contribution < -0.4 is 25.4 Å².